The van der Waals surface area contributed by atoms with Gasteiger partial charge in [-0.3, -0.25) is 57.5 Å². The molecule has 2 saturated heterocycles. The van der Waals surface area contributed by atoms with Crippen molar-refractivity contribution in [3.63, 3.8) is 0 Å². The maximum Gasteiger partial charge on any atom is 0.417 e. The third kappa shape index (κ3) is 21.5. The van der Waals surface area contributed by atoms with Crippen LogP contribution in [0.2, 0.25) is 5.02 Å². The molecule has 3 aliphatic carbocycles. The van der Waals surface area contributed by atoms with Gasteiger partial charge in [-0.05, 0) is 119 Å². The van der Waals surface area contributed by atoms with E-state index in [1.54, 1.807) is 11.8 Å². The fourth-order valence-electron chi connectivity index (χ4n) is 15.4. The molecule has 5 aliphatic rings. The smallest absolute Gasteiger partial charge is 0.391 e. The minimum absolute atomic E-state index is 0.00885. The number of halogens is 4. The van der Waals surface area contributed by atoms with Gasteiger partial charge in [0.15, 0.2) is 0 Å². The van der Waals surface area contributed by atoms with E-state index in [-0.39, 0.29) is 55.9 Å². The minimum atomic E-state index is -4.79. The summed E-state index contributed by atoms with van der Waals surface area (Å²) in [5, 5.41) is 19.5. The Morgan fingerprint density at radius 1 is 0.627 bits per heavy atom. The van der Waals surface area contributed by atoms with Crippen LogP contribution < -0.4 is 16.0 Å². The van der Waals surface area contributed by atoms with Crippen LogP contribution in [0.25, 0.3) is 0 Å². The lowest BCUT2D eigenvalue weighted by atomic mass is 9.81. The molecular weight excluding hydrogens is 1350 g/mol. The van der Waals surface area contributed by atoms with Gasteiger partial charge in [0.1, 0.15) is 47.8 Å². The SMILES string of the molecule is CC[C@H](C)[C@@H]1NC(=O)[C@H](CC(C)C)N(C)C(=O)C[C@@H](C(=O)N2CCCCC2)N(C)C(=O)[C@H](C2CCCCC2)N(C)C(=O)C2(CCCC2)NC(=O)[C@H]([C@@H](C)O)N(C)C(=O)[C@H](CCc2ccc(C(F)(F)F)c(Cl)c2)NC(=O)CN(C)C(=O)[C@H](CC2CCCCC2)N(C)C(=O)CN(C)C(=O)CN(C)C1=O. The highest BCUT2D eigenvalue weighted by Gasteiger charge is 2.51. The molecule has 3 saturated carbocycles. The number of rotatable bonds is 12. The van der Waals surface area contributed by atoms with Gasteiger partial charge in [0.2, 0.25) is 70.9 Å². The maximum absolute atomic E-state index is 15.8. The molecule has 6 rings (SSSR count). The number of likely N-dealkylation sites (tertiary alicyclic amines) is 1. The number of nitrogens with zero attached hydrogens (tertiary/aromatic N) is 9. The molecule has 9 atom stereocenters. The molecule has 2 heterocycles. The third-order valence-corrected chi connectivity index (χ3v) is 22.3. The normalized spacial score (nSPS) is 26.4. The van der Waals surface area contributed by atoms with E-state index in [2.05, 4.69) is 16.0 Å². The van der Waals surface area contributed by atoms with Crippen LogP contribution in [0.1, 0.15) is 187 Å². The van der Waals surface area contributed by atoms with E-state index in [0.29, 0.717) is 70.9 Å². The van der Waals surface area contributed by atoms with E-state index in [1.807, 2.05) is 20.8 Å². The topological polar surface area (TPSA) is 290 Å². The number of aryl methyl sites for hydroxylation is 1. The zero-order valence-corrected chi connectivity index (χ0v) is 63.1. The quantitative estimate of drug-likeness (QED) is 0.197. The number of likely N-dealkylation sites (N-methyl/N-ethyl adjacent to an activating group) is 8. The van der Waals surface area contributed by atoms with Crippen LogP contribution in [0.15, 0.2) is 18.2 Å². The minimum Gasteiger partial charge on any atom is -0.391 e. The van der Waals surface area contributed by atoms with E-state index >= 15 is 28.8 Å². The van der Waals surface area contributed by atoms with E-state index in [1.165, 1.54) is 89.0 Å². The Hall–Kier alpha value is -7.10. The average Bonchev–Trinajstić information content (AvgIpc) is 1.41. The number of aliphatic hydroxyl groups excluding tert-OH is 1. The number of hydrogen-bond donors (Lipinski definition) is 4. The van der Waals surface area contributed by atoms with E-state index in [4.69, 9.17) is 11.6 Å². The van der Waals surface area contributed by atoms with Crippen LogP contribution in [0.3, 0.4) is 0 Å². The lowest BCUT2D eigenvalue weighted by molar-refractivity contribution is -0.157. The number of nitrogens with one attached hydrogen (secondary N) is 3. The predicted octanol–water partition coefficient (Wildman–Crippen LogP) is 5.64. The zero-order chi connectivity index (χ0) is 75.8. The van der Waals surface area contributed by atoms with Crippen LogP contribution in [-0.4, -0.2) is 263 Å². The molecule has 0 radical (unpaired) electrons. The molecule has 12 amide bonds. The van der Waals surface area contributed by atoms with Crippen molar-refractivity contribution >= 4 is 82.5 Å². The molecule has 1 aromatic carbocycles. The highest BCUT2D eigenvalue weighted by atomic mass is 35.5. The molecular formula is C73H114ClF3N12O13. The van der Waals surface area contributed by atoms with Gasteiger partial charge < -0.3 is 65.2 Å². The number of alkyl halides is 3. The largest absolute Gasteiger partial charge is 0.417 e. The first-order chi connectivity index (χ1) is 47.9. The predicted molar refractivity (Wildman–Crippen MR) is 377 cm³/mol. The van der Waals surface area contributed by atoms with Crippen molar-refractivity contribution in [1.82, 2.24) is 60.0 Å². The van der Waals surface area contributed by atoms with Crippen molar-refractivity contribution in [1.29, 1.82) is 0 Å². The van der Waals surface area contributed by atoms with Crippen LogP contribution >= 0.6 is 11.6 Å². The number of hydrogen-bond acceptors (Lipinski definition) is 13. The Bertz CT molecular complexity index is 3140. The van der Waals surface area contributed by atoms with Gasteiger partial charge in [0.25, 0.3) is 0 Å². The fraction of sp³-hybridized carbons (Fsp3) is 0.753. The number of aliphatic hydroxyl groups is 1. The summed E-state index contributed by atoms with van der Waals surface area (Å²) in [4.78, 5) is 190. The summed E-state index contributed by atoms with van der Waals surface area (Å²) in [6, 6.07) is -6.59. The van der Waals surface area contributed by atoms with Gasteiger partial charge >= 0.3 is 6.18 Å². The van der Waals surface area contributed by atoms with Crippen molar-refractivity contribution in [3.05, 3.63) is 34.3 Å². The van der Waals surface area contributed by atoms with Crippen molar-refractivity contribution in [2.24, 2.45) is 23.7 Å². The summed E-state index contributed by atoms with van der Waals surface area (Å²) in [5.41, 5.74) is -2.59. The summed E-state index contributed by atoms with van der Waals surface area (Å²) in [6.45, 7) is 7.48. The second kappa shape index (κ2) is 37.6. The molecule has 572 valence electrons. The summed E-state index contributed by atoms with van der Waals surface area (Å²) < 4.78 is 41.7. The van der Waals surface area contributed by atoms with E-state index in [0.717, 1.165) is 76.7 Å². The number of amides is 12. The van der Waals surface area contributed by atoms with Gasteiger partial charge in [0, 0.05) is 69.5 Å². The molecule has 102 heavy (non-hydrogen) atoms. The summed E-state index contributed by atoms with van der Waals surface area (Å²) in [5.74, 6) is -9.77. The standard InChI is InChI=1S/C73H114ClF3N12O13/c1-14-46(4)61-69(100)83(8)43-59(93)81(6)44-60(94)85(10)55(40-48-26-18-15-19-27-48)67(98)82(7)42-57(91)78-53(33-31-49-30-32-51(52(74)39-49)73(75,76)77)66(97)87(12)62(47(5)90)65(96)80-72(34-22-23-35-72)71(102)88(13)63(50-28-20-16-21-29-50)70(101)86(11)56(68(99)89-36-24-17-25-37-89)41-58(92)84(9)54(38-45(2)3)64(95)79-61/h30,32,39,45-48,50,53-56,61-63,90H,14-29,31,33-38,40-44H2,1-13H3,(H,78,91)(H,79,95)(H,80,96)/t46-,47+,53-,54-,55-,56-,61-,62-,63-/m0/s1. The van der Waals surface area contributed by atoms with Gasteiger partial charge in [0.05, 0.1) is 42.7 Å². The summed E-state index contributed by atoms with van der Waals surface area (Å²) in [7, 11) is 11.0. The zero-order valence-electron chi connectivity index (χ0n) is 62.3. The monoisotopic (exact) mass is 1460 g/mol. The lowest BCUT2D eigenvalue weighted by Gasteiger charge is -2.44. The van der Waals surface area contributed by atoms with Crippen LogP contribution in [-0.2, 0) is 70.1 Å². The first kappa shape index (κ1) is 83.8. The molecule has 5 fully saturated rings. The van der Waals surface area contributed by atoms with Crippen molar-refractivity contribution in [3.8, 4) is 0 Å². The number of benzene rings is 1. The highest BCUT2D eigenvalue weighted by molar-refractivity contribution is 6.31. The Morgan fingerprint density at radius 3 is 1.76 bits per heavy atom. The average molecular weight is 1460 g/mol. The number of carbonyl (C=O) groups excluding carboxylic acids is 12. The molecule has 1 spiro atoms. The van der Waals surface area contributed by atoms with Crippen molar-refractivity contribution < 1.29 is 75.8 Å². The molecule has 25 nitrogen and oxygen atoms in total. The summed E-state index contributed by atoms with van der Waals surface area (Å²) in [6.07, 6.45) is 3.92. The van der Waals surface area contributed by atoms with E-state index in [9.17, 15) is 47.0 Å². The maximum atomic E-state index is 15.8. The first-order valence-corrected chi connectivity index (χ1v) is 37.1. The first-order valence-electron chi connectivity index (χ1n) is 36.7. The number of piperidine rings is 1. The molecule has 1 aromatic rings. The van der Waals surface area contributed by atoms with Gasteiger partial charge in [-0.25, -0.2) is 0 Å². The van der Waals surface area contributed by atoms with Crippen LogP contribution in [0.4, 0.5) is 13.2 Å². The van der Waals surface area contributed by atoms with Gasteiger partial charge in [-0.1, -0.05) is 116 Å². The molecule has 0 unspecified atom stereocenters. The Morgan fingerprint density at radius 2 is 1.20 bits per heavy atom. The Labute approximate surface area is 605 Å². The molecule has 0 bridgehead atoms. The second-order valence-electron chi connectivity index (χ2n) is 30.1. The van der Waals surface area contributed by atoms with Gasteiger partial charge in [-0.15, -0.1) is 0 Å². The fourth-order valence-corrected chi connectivity index (χ4v) is 15.7. The van der Waals surface area contributed by atoms with Crippen molar-refractivity contribution in [2.75, 3.05) is 89.1 Å². The molecule has 0 aromatic heterocycles. The van der Waals surface area contributed by atoms with E-state index < -0.39 is 179 Å². The summed E-state index contributed by atoms with van der Waals surface area (Å²) >= 11 is 6.14. The Balaban J connectivity index is 1.46. The van der Waals surface area contributed by atoms with Crippen LogP contribution in [0.5, 0.6) is 0 Å². The third-order valence-electron chi connectivity index (χ3n) is 22.0. The molecule has 4 N–H and O–H groups in total. The van der Waals surface area contributed by atoms with Crippen molar-refractivity contribution in [2.45, 2.75) is 242 Å². The second-order valence-corrected chi connectivity index (χ2v) is 30.5. The molecule has 2 aliphatic heterocycles. The van der Waals surface area contributed by atoms with Gasteiger partial charge in [-0.2, -0.15) is 13.2 Å². The molecule has 29 heteroatoms. The lowest BCUT2D eigenvalue weighted by Crippen LogP contribution is -2.66. The number of carbonyl (C=O) groups is 12. The Kier molecular flexibility index (Phi) is 30.9. The van der Waals surface area contributed by atoms with Crippen LogP contribution in [0, 0.1) is 23.7 Å². The highest BCUT2D eigenvalue weighted by Crippen LogP contribution is 2.38.